The number of amides is 3. The van der Waals surface area contributed by atoms with Crippen molar-refractivity contribution in [2.24, 2.45) is 5.41 Å². The summed E-state index contributed by atoms with van der Waals surface area (Å²) in [6.07, 6.45) is 41.6. The molecule has 6 nitrogen and oxygen atoms in total. The molecule has 320 valence electrons. The van der Waals surface area contributed by atoms with Crippen LogP contribution in [0.15, 0.2) is 0 Å². The van der Waals surface area contributed by atoms with Crippen LogP contribution in [0.3, 0.4) is 0 Å². The molecule has 3 amide bonds. The Morgan fingerprint density at radius 3 is 1.07 bits per heavy atom. The van der Waals surface area contributed by atoms with Crippen molar-refractivity contribution in [2.75, 3.05) is 6.54 Å². The Morgan fingerprint density at radius 2 is 0.741 bits per heavy atom. The van der Waals surface area contributed by atoms with Crippen molar-refractivity contribution in [1.82, 2.24) is 16.0 Å². The van der Waals surface area contributed by atoms with Gasteiger partial charge < -0.3 is 16.0 Å². The Bertz CT molecular complexity index is 886. The van der Waals surface area contributed by atoms with E-state index in [4.69, 9.17) is 0 Å². The Hall–Kier alpha value is -1.59. The van der Waals surface area contributed by atoms with E-state index < -0.39 is 11.6 Å². The van der Waals surface area contributed by atoms with Crippen LogP contribution in [0, 0.1) is 5.41 Å². The fraction of sp³-hybridized carbons (Fsp3) is 0.938. The highest BCUT2D eigenvalue weighted by Gasteiger charge is 2.39. The van der Waals surface area contributed by atoms with Crippen LogP contribution in [0.2, 0.25) is 0 Å². The third kappa shape index (κ3) is 30.6. The van der Waals surface area contributed by atoms with Crippen molar-refractivity contribution in [2.45, 2.75) is 278 Å². The molecule has 0 aromatic carbocycles. The first-order valence-electron chi connectivity index (χ1n) is 23.9. The molecule has 0 aromatic heterocycles. The first-order chi connectivity index (χ1) is 26.0. The minimum absolute atomic E-state index is 0.0373. The highest BCUT2D eigenvalue weighted by atomic mass is 16.2. The largest absolute Gasteiger partial charge is 0.353 e. The van der Waals surface area contributed by atoms with E-state index in [9.17, 15) is 14.4 Å². The SMILES string of the molecule is CCCCCCCCCCCCCCCCCC(=O)NCC(NC(=O)CCCCCCCCCCCCCCCCC)C(=O)NC(C)(C)C(C)(C)CCC. The normalized spacial score (nSPS) is 12.5. The van der Waals surface area contributed by atoms with E-state index in [1.54, 1.807) is 0 Å². The minimum Gasteiger partial charge on any atom is -0.353 e. The Balaban J connectivity index is 4.43. The summed E-state index contributed by atoms with van der Waals surface area (Å²) in [7, 11) is 0. The highest BCUT2D eigenvalue weighted by molar-refractivity contribution is 5.89. The third-order valence-electron chi connectivity index (χ3n) is 12.2. The van der Waals surface area contributed by atoms with Gasteiger partial charge in [0.05, 0.1) is 0 Å². The van der Waals surface area contributed by atoms with Crippen LogP contribution in [0.5, 0.6) is 0 Å². The van der Waals surface area contributed by atoms with Crippen LogP contribution in [-0.2, 0) is 14.4 Å². The summed E-state index contributed by atoms with van der Waals surface area (Å²) in [4.78, 5) is 39.4. The highest BCUT2D eigenvalue weighted by Crippen LogP contribution is 2.35. The molecule has 0 aliphatic carbocycles. The van der Waals surface area contributed by atoms with Crippen molar-refractivity contribution in [3.63, 3.8) is 0 Å². The minimum atomic E-state index is -0.782. The molecule has 0 aliphatic heterocycles. The number of rotatable bonds is 40. The lowest BCUT2D eigenvalue weighted by Crippen LogP contribution is -2.60. The molecule has 0 saturated heterocycles. The maximum absolute atomic E-state index is 13.6. The number of carbonyl (C=O) groups is 3. The average molecular weight is 762 g/mol. The molecule has 0 heterocycles. The molecule has 0 fully saturated rings. The van der Waals surface area contributed by atoms with Crippen molar-refractivity contribution in [1.29, 1.82) is 0 Å². The molecular weight excluding hydrogens is 667 g/mol. The monoisotopic (exact) mass is 762 g/mol. The molecule has 6 heteroatoms. The lowest BCUT2D eigenvalue weighted by molar-refractivity contribution is -0.131. The van der Waals surface area contributed by atoms with Gasteiger partial charge in [0.15, 0.2) is 0 Å². The molecule has 0 saturated carbocycles. The van der Waals surface area contributed by atoms with Gasteiger partial charge in [0.25, 0.3) is 0 Å². The first kappa shape index (κ1) is 52.4. The number of hydrogen-bond donors (Lipinski definition) is 3. The Morgan fingerprint density at radius 1 is 0.426 bits per heavy atom. The summed E-state index contributed by atoms with van der Waals surface area (Å²) < 4.78 is 0. The van der Waals surface area contributed by atoms with Gasteiger partial charge in [0.2, 0.25) is 17.7 Å². The molecule has 3 N–H and O–H groups in total. The van der Waals surface area contributed by atoms with E-state index in [1.165, 1.54) is 161 Å². The molecule has 0 bridgehead atoms. The number of carbonyl (C=O) groups excluding carboxylic acids is 3. The van der Waals surface area contributed by atoms with Gasteiger partial charge in [0.1, 0.15) is 6.04 Å². The van der Waals surface area contributed by atoms with Gasteiger partial charge in [-0.3, -0.25) is 14.4 Å². The molecule has 54 heavy (non-hydrogen) atoms. The third-order valence-corrected chi connectivity index (χ3v) is 12.2. The van der Waals surface area contributed by atoms with E-state index in [0.717, 1.165) is 44.9 Å². The van der Waals surface area contributed by atoms with E-state index >= 15 is 0 Å². The maximum Gasteiger partial charge on any atom is 0.244 e. The zero-order chi connectivity index (χ0) is 40.2. The lowest BCUT2D eigenvalue weighted by atomic mass is 9.71. The van der Waals surface area contributed by atoms with Crippen LogP contribution in [0.25, 0.3) is 0 Å². The first-order valence-corrected chi connectivity index (χ1v) is 23.9. The van der Waals surface area contributed by atoms with Crippen molar-refractivity contribution < 1.29 is 14.4 Å². The van der Waals surface area contributed by atoms with Gasteiger partial charge in [0, 0.05) is 24.9 Å². The molecule has 1 atom stereocenters. The quantitative estimate of drug-likeness (QED) is 0.0543. The van der Waals surface area contributed by atoms with Crippen molar-refractivity contribution >= 4 is 17.7 Å². The molecule has 0 spiro atoms. The van der Waals surface area contributed by atoms with Gasteiger partial charge in [-0.1, -0.05) is 221 Å². The summed E-state index contributed by atoms with van der Waals surface area (Å²) >= 11 is 0. The second-order valence-electron chi connectivity index (χ2n) is 18.1. The molecule has 0 aromatic rings. The van der Waals surface area contributed by atoms with Crippen LogP contribution in [-0.4, -0.2) is 35.8 Å². The van der Waals surface area contributed by atoms with Crippen LogP contribution >= 0.6 is 0 Å². The predicted octanol–water partition coefficient (Wildman–Crippen LogP) is 13.8. The second-order valence-corrected chi connectivity index (χ2v) is 18.1. The molecular formula is C48H95N3O3. The van der Waals surface area contributed by atoms with Crippen LogP contribution in [0.1, 0.15) is 267 Å². The second kappa shape index (κ2) is 35.8. The predicted molar refractivity (Wildman–Crippen MR) is 235 cm³/mol. The zero-order valence-electron chi connectivity index (χ0n) is 37.6. The summed E-state index contributed by atoms with van der Waals surface area (Å²) in [5.41, 5.74) is -0.578. The van der Waals surface area contributed by atoms with Crippen LogP contribution in [0.4, 0.5) is 0 Å². The number of nitrogens with one attached hydrogen (secondary N) is 3. The van der Waals surface area contributed by atoms with E-state index in [1.807, 2.05) is 0 Å². The standard InChI is InChI=1S/C48H95N3O3/c1-8-11-13-15-17-19-21-23-25-27-29-31-33-35-37-39-44(52)49-42-43(46(54)51-48(6,7)47(4,5)41-10-3)50-45(53)40-38-36-34-32-30-28-26-24-22-20-18-16-14-12-9-2/h43H,8-42H2,1-7H3,(H,49,52)(H,50,53)(H,51,54). The zero-order valence-corrected chi connectivity index (χ0v) is 37.6. The van der Waals surface area contributed by atoms with Crippen molar-refractivity contribution in [3.8, 4) is 0 Å². The number of hydrogen-bond acceptors (Lipinski definition) is 3. The lowest BCUT2D eigenvalue weighted by Gasteiger charge is -2.43. The summed E-state index contributed by atoms with van der Waals surface area (Å²) in [5.74, 6) is -0.363. The fourth-order valence-corrected chi connectivity index (χ4v) is 7.60. The molecule has 1 unspecified atom stereocenters. The Kier molecular flexibility index (Phi) is 34.7. The summed E-state index contributed by atoms with van der Waals surface area (Å²) in [6.45, 7) is 15.3. The summed E-state index contributed by atoms with van der Waals surface area (Å²) in [6, 6.07) is -0.782. The Labute approximate surface area is 337 Å². The van der Waals surface area contributed by atoms with E-state index in [2.05, 4.69) is 64.4 Å². The van der Waals surface area contributed by atoms with Gasteiger partial charge in [-0.2, -0.15) is 0 Å². The topological polar surface area (TPSA) is 87.3 Å². The van der Waals surface area contributed by atoms with E-state index in [-0.39, 0.29) is 29.7 Å². The molecule has 0 aliphatic rings. The fourth-order valence-electron chi connectivity index (χ4n) is 7.60. The van der Waals surface area contributed by atoms with Crippen LogP contribution < -0.4 is 16.0 Å². The van der Waals surface area contributed by atoms with Crippen molar-refractivity contribution in [3.05, 3.63) is 0 Å². The van der Waals surface area contributed by atoms with Gasteiger partial charge in [-0.25, -0.2) is 0 Å². The number of unbranched alkanes of at least 4 members (excludes halogenated alkanes) is 28. The average Bonchev–Trinajstić information content (AvgIpc) is 3.12. The van der Waals surface area contributed by atoms with E-state index in [0.29, 0.717) is 12.8 Å². The van der Waals surface area contributed by atoms with Gasteiger partial charge in [-0.15, -0.1) is 0 Å². The maximum atomic E-state index is 13.6. The van der Waals surface area contributed by atoms with Gasteiger partial charge in [-0.05, 0) is 38.5 Å². The molecule has 0 rings (SSSR count). The summed E-state index contributed by atoms with van der Waals surface area (Å²) in [5, 5.41) is 9.19. The van der Waals surface area contributed by atoms with Gasteiger partial charge >= 0.3 is 0 Å². The molecule has 0 radical (unpaired) electrons. The smallest absolute Gasteiger partial charge is 0.244 e.